The highest BCUT2D eigenvalue weighted by molar-refractivity contribution is 9.10. The van der Waals surface area contributed by atoms with Crippen molar-refractivity contribution in [2.45, 2.75) is 31.2 Å². The molecule has 146 valence electrons. The van der Waals surface area contributed by atoms with Crippen LogP contribution in [-0.4, -0.2) is 36.3 Å². The minimum atomic E-state index is -3.57. The van der Waals surface area contributed by atoms with Gasteiger partial charge in [0.1, 0.15) is 10.6 Å². The Morgan fingerprint density at radius 3 is 2.48 bits per heavy atom. The van der Waals surface area contributed by atoms with Gasteiger partial charge in [-0.15, -0.1) is 0 Å². The van der Waals surface area contributed by atoms with Gasteiger partial charge < -0.3 is 9.88 Å². The Kier molecular flexibility index (Phi) is 6.08. The fourth-order valence-corrected chi connectivity index (χ4v) is 4.96. The topological polar surface area (TPSA) is 71.4 Å². The van der Waals surface area contributed by atoms with Gasteiger partial charge in [-0.25, -0.2) is 8.42 Å². The Morgan fingerprint density at radius 1 is 1.22 bits per heavy atom. The summed E-state index contributed by atoms with van der Waals surface area (Å²) in [6, 6.07) is 9.12. The van der Waals surface area contributed by atoms with E-state index in [0.29, 0.717) is 31.2 Å². The van der Waals surface area contributed by atoms with E-state index in [-0.39, 0.29) is 10.8 Å². The second-order valence-corrected chi connectivity index (χ2v) is 9.92. The second kappa shape index (κ2) is 8.16. The average molecular weight is 454 g/mol. The number of nitrogens with one attached hydrogen (secondary N) is 1. The summed E-state index contributed by atoms with van der Waals surface area (Å²) in [6.07, 6.45) is 3.25. The molecule has 0 atom stereocenters. The summed E-state index contributed by atoms with van der Waals surface area (Å²) in [6.45, 7) is 3.58. The first kappa shape index (κ1) is 20.1. The van der Waals surface area contributed by atoms with Gasteiger partial charge >= 0.3 is 0 Å². The number of rotatable bonds is 5. The Hall–Kier alpha value is -1.64. The van der Waals surface area contributed by atoms with Crippen LogP contribution in [0.5, 0.6) is 0 Å². The average Bonchev–Trinajstić information content (AvgIpc) is 3.04. The summed E-state index contributed by atoms with van der Waals surface area (Å²) < 4.78 is 29.8. The van der Waals surface area contributed by atoms with E-state index in [2.05, 4.69) is 28.2 Å². The van der Waals surface area contributed by atoms with E-state index in [0.717, 1.165) is 22.9 Å². The maximum atomic E-state index is 12.9. The number of halogens is 1. The number of aryl methyl sites for hydroxylation is 1. The molecule has 2 heterocycles. The van der Waals surface area contributed by atoms with Gasteiger partial charge in [-0.05, 0) is 42.5 Å². The molecule has 6 nitrogen and oxygen atoms in total. The molecule has 8 heteroatoms. The van der Waals surface area contributed by atoms with Crippen molar-refractivity contribution in [1.29, 1.82) is 0 Å². The van der Waals surface area contributed by atoms with Gasteiger partial charge in [0.2, 0.25) is 10.0 Å². The number of amides is 1. The summed E-state index contributed by atoms with van der Waals surface area (Å²) in [5.74, 6) is 0.251. The highest BCUT2D eigenvalue weighted by atomic mass is 79.9. The highest BCUT2D eigenvalue weighted by Crippen LogP contribution is 2.24. The van der Waals surface area contributed by atoms with Crippen LogP contribution in [0, 0.1) is 5.92 Å². The molecule has 0 radical (unpaired) electrons. The normalized spacial score (nSPS) is 16.4. The van der Waals surface area contributed by atoms with Crippen LogP contribution >= 0.6 is 15.9 Å². The molecule has 0 aliphatic carbocycles. The molecule has 0 saturated carbocycles. The highest BCUT2D eigenvalue weighted by Gasteiger charge is 2.30. The minimum Gasteiger partial charge on any atom is -0.347 e. The molecule has 0 spiro atoms. The van der Waals surface area contributed by atoms with Gasteiger partial charge in [0, 0.05) is 37.4 Å². The summed E-state index contributed by atoms with van der Waals surface area (Å²) in [7, 11) is -1.88. The Balaban J connectivity index is 1.71. The van der Waals surface area contributed by atoms with Crippen molar-refractivity contribution in [3.8, 4) is 0 Å². The molecule has 0 unspecified atom stereocenters. The number of benzene rings is 1. The molecule has 27 heavy (non-hydrogen) atoms. The van der Waals surface area contributed by atoms with Gasteiger partial charge in [0.15, 0.2) is 0 Å². The number of carbonyl (C=O) groups excluding carboxylic acids is 1. The van der Waals surface area contributed by atoms with Crippen molar-refractivity contribution in [2.24, 2.45) is 13.0 Å². The fourth-order valence-electron chi connectivity index (χ4n) is 3.15. The zero-order valence-corrected chi connectivity index (χ0v) is 17.9. The van der Waals surface area contributed by atoms with Crippen molar-refractivity contribution < 1.29 is 13.2 Å². The Labute approximate surface area is 168 Å². The van der Waals surface area contributed by atoms with Crippen molar-refractivity contribution in [3.05, 3.63) is 52.3 Å². The number of hydrogen-bond donors (Lipinski definition) is 1. The fraction of sp³-hybridized carbons (Fsp3) is 0.421. The van der Waals surface area contributed by atoms with E-state index < -0.39 is 10.0 Å². The van der Waals surface area contributed by atoms with Crippen molar-refractivity contribution in [2.75, 3.05) is 13.1 Å². The third-order valence-electron chi connectivity index (χ3n) is 4.96. The van der Waals surface area contributed by atoms with Gasteiger partial charge in [0.05, 0.1) is 0 Å². The summed E-state index contributed by atoms with van der Waals surface area (Å²) in [5.41, 5.74) is 1.30. The van der Waals surface area contributed by atoms with E-state index in [1.54, 1.807) is 11.6 Å². The molecule has 2 aromatic rings. The zero-order valence-electron chi connectivity index (χ0n) is 15.5. The van der Waals surface area contributed by atoms with Crippen LogP contribution in [-0.2, 0) is 23.6 Å². The van der Waals surface area contributed by atoms with Gasteiger partial charge in [-0.3, -0.25) is 4.79 Å². The van der Waals surface area contributed by atoms with Crippen molar-refractivity contribution in [1.82, 2.24) is 14.2 Å². The minimum absolute atomic E-state index is 0.174. The predicted octanol–water partition coefficient (Wildman–Crippen LogP) is 3.14. The molecule has 1 amide bonds. The Bertz CT molecular complexity index is 914. The molecule has 0 bridgehead atoms. The first-order valence-electron chi connectivity index (χ1n) is 8.96. The van der Waals surface area contributed by atoms with Crippen LogP contribution < -0.4 is 5.32 Å². The van der Waals surface area contributed by atoms with Gasteiger partial charge in [-0.2, -0.15) is 4.31 Å². The summed E-state index contributed by atoms with van der Waals surface area (Å²) in [5, 5.41) is 2.84. The van der Waals surface area contributed by atoms with E-state index >= 15 is 0 Å². The smallest absolute Gasteiger partial charge is 0.268 e. The summed E-state index contributed by atoms with van der Waals surface area (Å²) in [4.78, 5) is 12.7. The maximum absolute atomic E-state index is 12.9. The number of nitrogens with zero attached hydrogens (tertiary/aromatic N) is 2. The maximum Gasteiger partial charge on any atom is 0.268 e. The van der Waals surface area contributed by atoms with Crippen LogP contribution in [0.3, 0.4) is 0 Å². The third-order valence-corrected chi connectivity index (χ3v) is 7.35. The van der Waals surface area contributed by atoms with E-state index in [1.165, 1.54) is 16.6 Å². The lowest BCUT2D eigenvalue weighted by atomic mass is 10.0. The van der Waals surface area contributed by atoms with E-state index in [4.69, 9.17) is 0 Å². The molecule has 1 saturated heterocycles. The number of sulfonamides is 1. The molecule has 1 aliphatic heterocycles. The van der Waals surface area contributed by atoms with Crippen LogP contribution in [0.15, 0.2) is 45.9 Å². The van der Waals surface area contributed by atoms with Crippen molar-refractivity contribution >= 4 is 31.9 Å². The number of carbonyl (C=O) groups is 1. The SMILES string of the molecule is CC1CCN(S(=O)(=O)c2cc(C(=O)NCc3ccc(Br)cc3)n(C)c2)CC1. The number of aromatic nitrogens is 1. The first-order valence-corrected chi connectivity index (χ1v) is 11.2. The standard InChI is InChI=1S/C19H24BrN3O3S/c1-14-7-9-23(10-8-14)27(25,26)17-11-18(22(2)13-17)19(24)21-12-15-3-5-16(20)6-4-15/h3-6,11,13-14H,7-10,12H2,1-2H3,(H,21,24). The van der Waals surface area contributed by atoms with Gasteiger partial charge in [-0.1, -0.05) is 35.0 Å². The monoisotopic (exact) mass is 453 g/mol. The zero-order chi connectivity index (χ0) is 19.6. The van der Waals surface area contributed by atoms with Crippen molar-refractivity contribution in [3.63, 3.8) is 0 Å². The van der Waals surface area contributed by atoms with E-state index in [9.17, 15) is 13.2 Å². The molecule has 1 N–H and O–H groups in total. The largest absolute Gasteiger partial charge is 0.347 e. The lowest BCUT2D eigenvalue weighted by Crippen LogP contribution is -2.37. The lowest BCUT2D eigenvalue weighted by molar-refractivity contribution is 0.0942. The second-order valence-electron chi connectivity index (χ2n) is 7.07. The quantitative estimate of drug-likeness (QED) is 0.755. The molecule has 1 aromatic heterocycles. The Morgan fingerprint density at radius 2 is 1.85 bits per heavy atom. The van der Waals surface area contributed by atoms with Gasteiger partial charge in [0.25, 0.3) is 5.91 Å². The first-order chi connectivity index (χ1) is 12.8. The molecule has 1 aliphatic rings. The molecule has 3 rings (SSSR count). The third kappa shape index (κ3) is 4.62. The van der Waals surface area contributed by atoms with Crippen LogP contribution in [0.2, 0.25) is 0 Å². The van der Waals surface area contributed by atoms with Crippen LogP contribution in [0.4, 0.5) is 0 Å². The lowest BCUT2D eigenvalue weighted by Gasteiger charge is -2.29. The number of hydrogen-bond acceptors (Lipinski definition) is 3. The molecular weight excluding hydrogens is 430 g/mol. The van der Waals surface area contributed by atoms with Crippen LogP contribution in [0.25, 0.3) is 0 Å². The molecule has 1 fully saturated rings. The van der Waals surface area contributed by atoms with Crippen LogP contribution in [0.1, 0.15) is 35.8 Å². The van der Waals surface area contributed by atoms with E-state index in [1.807, 2.05) is 24.3 Å². The molecule has 1 aromatic carbocycles. The number of piperidine rings is 1. The molecular formula is C19H24BrN3O3S. The summed E-state index contributed by atoms with van der Waals surface area (Å²) >= 11 is 3.38. The predicted molar refractivity (Wildman–Crippen MR) is 108 cm³/mol.